The van der Waals surface area contributed by atoms with Crippen LogP contribution < -0.4 is 9.46 Å². The van der Waals surface area contributed by atoms with Crippen LogP contribution in [0.2, 0.25) is 0 Å². The number of benzene rings is 1. The van der Waals surface area contributed by atoms with E-state index >= 15 is 0 Å². The van der Waals surface area contributed by atoms with Gasteiger partial charge < -0.3 is 9.30 Å². The van der Waals surface area contributed by atoms with E-state index in [2.05, 4.69) is 9.71 Å². The molecule has 0 saturated carbocycles. The number of aryl methyl sites for hydroxylation is 1. The minimum atomic E-state index is 0.797. The van der Waals surface area contributed by atoms with Crippen LogP contribution in [-0.2, 0) is 13.6 Å². The van der Waals surface area contributed by atoms with Gasteiger partial charge in [-0.1, -0.05) is 12.1 Å². The summed E-state index contributed by atoms with van der Waals surface area (Å²) >= 11 is 1.53. The van der Waals surface area contributed by atoms with Gasteiger partial charge in [0.15, 0.2) is 0 Å². The molecule has 5 heteroatoms. The zero-order chi connectivity index (χ0) is 12.1. The van der Waals surface area contributed by atoms with Crippen molar-refractivity contribution in [2.24, 2.45) is 7.05 Å². The van der Waals surface area contributed by atoms with Crippen molar-refractivity contribution in [3.05, 3.63) is 42.4 Å². The Hall–Kier alpha value is -1.46. The van der Waals surface area contributed by atoms with Gasteiger partial charge in [0.25, 0.3) is 0 Å². The van der Waals surface area contributed by atoms with E-state index in [4.69, 9.17) is 4.74 Å². The molecule has 90 valence electrons. The van der Waals surface area contributed by atoms with Crippen LogP contribution in [0.25, 0.3) is 0 Å². The number of nitrogens with zero attached hydrogens (tertiary/aromatic N) is 2. The summed E-state index contributed by atoms with van der Waals surface area (Å²) < 4.78 is 10.3. The van der Waals surface area contributed by atoms with Gasteiger partial charge in [0.05, 0.1) is 13.4 Å². The number of rotatable bonds is 5. The molecular weight excluding hydrogens is 234 g/mol. The van der Waals surface area contributed by atoms with Crippen molar-refractivity contribution in [3.63, 3.8) is 0 Å². The Kier molecular flexibility index (Phi) is 4.06. The maximum Gasteiger partial charge on any atom is 0.129 e. The molecule has 2 aromatic rings. The summed E-state index contributed by atoms with van der Waals surface area (Å²) in [5.41, 5.74) is 1.22. The molecule has 0 fully saturated rings. The Morgan fingerprint density at radius 1 is 1.35 bits per heavy atom. The number of hydrogen-bond acceptors (Lipinski definition) is 4. The summed E-state index contributed by atoms with van der Waals surface area (Å²) in [6, 6.07) is 8.01. The number of methoxy groups -OCH3 is 1. The lowest BCUT2D eigenvalue weighted by Crippen LogP contribution is -2.02. The lowest BCUT2D eigenvalue weighted by atomic mass is 10.2. The van der Waals surface area contributed by atoms with Crippen molar-refractivity contribution < 1.29 is 4.74 Å². The van der Waals surface area contributed by atoms with Crippen LogP contribution in [0.5, 0.6) is 5.75 Å². The van der Waals surface area contributed by atoms with Crippen LogP contribution in [0.4, 0.5) is 0 Å². The van der Waals surface area contributed by atoms with Crippen LogP contribution in [0.15, 0.2) is 41.8 Å². The van der Waals surface area contributed by atoms with Gasteiger partial charge in [0, 0.05) is 19.8 Å². The fourth-order valence-corrected chi connectivity index (χ4v) is 2.08. The summed E-state index contributed by atoms with van der Waals surface area (Å²) in [6.07, 6.45) is 3.77. The first-order valence-electron chi connectivity index (χ1n) is 5.28. The first-order valence-corrected chi connectivity index (χ1v) is 6.10. The highest BCUT2D eigenvalue weighted by Crippen LogP contribution is 2.14. The van der Waals surface area contributed by atoms with Crippen LogP contribution >= 0.6 is 11.9 Å². The Morgan fingerprint density at radius 2 is 2.12 bits per heavy atom. The van der Waals surface area contributed by atoms with Crippen molar-refractivity contribution in [2.45, 2.75) is 11.6 Å². The predicted molar refractivity (Wildman–Crippen MR) is 68.9 cm³/mol. The van der Waals surface area contributed by atoms with Crippen molar-refractivity contribution in [2.75, 3.05) is 7.11 Å². The highest BCUT2D eigenvalue weighted by Gasteiger charge is 1.98. The standard InChI is InChI=1S/C12H15N3OS/c1-15-8-12(13-9-15)17-14-7-10-3-5-11(16-2)6-4-10/h3-6,8-9,14H,7H2,1-2H3. The maximum absolute atomic E-state index is 5.11. The fraction of sp³-hybridized carbons (Fsp3) is 0.250. The third-order valence-corrected chi connectivity index (χ3v) is 3.00. The quantitative estimate of drug-likeness (QED) is 0.825. The fourth-order valence-electron chi connectivity index (χ4n) is 1.38. The molecule has 2 rings (SSSR count). The third-order valence-electron chi connectivity index (χ3n) is 2.29. The molecule has 1 heterocycles. The van der Waals surface area contributed by atoms with Crippen LogP contribution in [0.1, 0.15) is 5.56 Å². The molecule has 17 heavy (non-hydrogen) atoms. The van der Waals surface area contributed by atoms with Gasteiger partial charge in [0.1, 0.15) is 10.8 Å². The molecule has 1 aromatic carbocycles. The van der Waals surface area contributed by atoms with Crippen molar-refractivity contribution >= 4 is 11.9 Å². The van der Waals surface area contributed by atoms with Gasteiger partial charge in [0.2, 0.25) is 0 Å². The van der Waals surface area contributed by atoms with E-state index in [0.29, 0.717) is 0 Å². The summed E-state index contributed by atoms with van der Waals surface area (Å²) in [5.74, 6) is 0.881. The second-order valence-electron chi connectivity index (χ2n) is 3.65. The second kappa shape index (κ2) is 5.75. The maximum atomic E-state index is 5.11. The number of aromatic nitrogens is 2. The van der Waals surface area contributed by atoms with Gasteiger partial charge in [-0.25, -0.2) is 4.98 Å². The molecule has 0 saturated heterocycles. The number of imidazole rings is 1. The number of ether oxygens (including phenoxy) is 1. The summed E-state index contributed by atoms with van der Waals surface area (Å²) in [6.45, 7) is 0.797. The smallest absolute Gasteiger partial charge is 0.129 e. The largest absolute Gasteiger partial charge is 0.497 e. The van der Waals surface area contributed by atoms with Gasteiger partial charge in [-0.15, -0.1) is 0 Å². The molecule has 0 spiro atoms. The van der Waals surface area contributed by atoms with Gasteiger partial charge in [-0.05, 0) is 29.6 Å². The van der Waals surface area contributed by atoms with Gasteiger partial charge >= 0.3 is 0 Å². The lowest BCUT2D eigenvalue weighted by Gasteiger charge is -2.03. The predicted octanol–water partition coefficient (Wildman–Crippen LogP) is 2.23. The van der Waals surface area contributed by atoms with Gasteiger partial charge in [-0.3, -0.25) is 4.72 Å². The van der Waals surface area contributed by atoms with E-state index in [1.54, 1.807) is 13.4 Å². The number of hydrogen-bond donors (Lipinski definition) is 1. The lowest BCUT2D eigenvalue weighted by molar-refractivity contribution is 0.414. The molecule has 4 nitrogen and oxygen atoms in total. The summed E-state index contributed by atoms with van der Waals surface area (Å²) in [4.78, 5) is 4.22. The van der Waals surface area contributed by atoms with E-state index in [1.165, 1.54) is 17.5 Å². The molecular formula is C12H15N3OS. The number of nitrogens with one attached hydrogen (secondary N) is 1. The molecule has 0 aliphatic heterocycles. The molecule has 0 aliphatic rings. The van der Waals surface area contributed by atoms with Crippen molar-refractivity contribution in [3.8, 4) is 5.75 Å². The SMILES string of the molecule is COc1ccc(CNSc2cn(C)cn2)cc1. The second-order valence-corrected chi connectivity index (χ2v) is 4.56. The third kappa shape index (κ3) is 3.51. The van der Waals surface area contributed by atoms with E-state index in [9.17, 15) is 0 Å². The molecule has 0 radical (unpaired) electrons. The zero-order valence-corrected chi connectivity index (χ0v) is 10.7. The average molecular weight is 249 g/mol. The van der Waals surface area contributed by atoms with Crippen molar-refractivity contribution in [1.82, 2.24) is 14.3 Å². The first-order chi connectivity index (χ1) is 8.28. The molecule has 1 N–H and O–H groups in total. The summed E-state index contributed by atoms with van der Waals surface area (Å²) in [5, 5.41) is 0.973. The minimum absolute atomic E-state index is 0.797. The van der Waals surface area contributed by atoms with E-state index < -0.39 is 0 Å². The highest BCUT2D eigenvalue weighted by atomic mass is 32.2. The van der Waals surface area contributed by atoms with Crippen LogP contribution in [-0.4, -0.2) is 16.7 Å². The van der Waals surface area contributed by atoms with Crippen LogP contribution in [0.3, 0.4) is 0 Å². The molecule has 1 aromatic heterocycles. The molecule has 0 atom stereocenters. The summed E-state index contributed by atoms with van der Waals surface area (Å²) in [7, 11) is 3.63. The molecule has 0 aliphatic carbocycles. The molecule has 0 bridgehead atoms. The van der Waals surface area contributed by atoms with Gasteiger partial charge in [-0.2, -0.15) is 0 Å². The Labute approximate surface area is 105 Å². The van der Waals surface area contributed by atoms with E-state index in [1.807, 2.05) is 42.1 Å². The molecule has 0 unspecified atom stereocenters. The van der Waals surface area contributed by atoms with E-state index in [-0.39, 0.29) is 0 Å². The monoisotopic (exact) mass is 249 g/mol. The Morgan fingerprint density at radius 3 is 2.71 bits per heavy atom. The highest BCUT2D eigenvalue weighted by molar-refractivity contribution is 7.97. The zero-order valence-electron chi connectivity index (χ0n) is 9.88. The molecule has 0 amide bonds. The minimum Gasteiger partial charge on any atom is -0.497 e. The normalized spacial score (nSPS) is 10.5. The Bertz CT molecular complexity index is 467. The Balaban J connectivity index is 1.81. The topological polar surface area (TPSA) is 39.1 Å². The van der Waals surface area contributed by atoms with Crippen LogP contribution in [0, 0.1) is 0 Å². The van der Waals surface area contributed by atoms with Crippen molar-refractivity contribution in [1.29, 1.82) is 0 Å². The average Bonchev–Trinajstić information content (AvgIpc) is 2.76. The first kappa shape index (κ1) is 12.0. The van der Waals surface area contributed by atoms with E-state index in [0.717, 1.165) is 17.3 Å².